The molecule has 2 heterocycles. The van der Waals surface area contributed by atoms with Crippen molar-refractivity contribution in [3.8, 4) is 5.75 Å². The molecule has 35 heavy (non-hydrogen) atoms. The number of methoxy groups -OCH3 is 1. The zero-order valence-electron chi connectivity index (χ0n) is 21.1. The minimum atomic E-state index is -0.507. The Balaban J connectivity index is 1.50. The van der Waals surface area contributed by atoms with Crippen molar-refractivity contribution in [2.45, 2.75) is 33.7 Å². The maximum atomic E-state index is 13.3. The lowest BCUT2D eigenvalue weighted by molar-refractivity contribution is -0.120. The number of nitrogens with zero attached hydrogens (tertiary/aromatic N) is 2. The lowest BCUT2D eigenvalue weighted by Crippen LogP contribution is -2.53. The smallest absolute Gasteiger partial charge is 0.356 e. The van der Waals surface area contributed by atoms with Crippen LogP contribution in [0.3, 0.4) is 0 Å². The highest BCUT2D eigenvalue weighted by Crippen LogP contribution is 2.32. The predicted octanol–water partition coefficient (Wildman–Crippen LogP) is 4.12. The van der Waals surface area contributed by atoms with Gasteiger partial charge in [-0.3, -0.25) is 9.69 Å². The summed E-state index contributed by atoms with van der Waals surface area (Å²) in [5, 5.41) is 3.70. The van der Waals surface area contributed by atoms with Crippen LogP contribution in [-0.2, 0) is 9.53 Å². The van der Waals surface area contributed by atoms with Gasteiger partial charge in [0.2, 0.25) is 5.91 Å². The first-order valence-electron chi connectivity index (χ1n) is 12.1. The van der Waals surface area contributed by atoms with Gasteiger partial charge in [0.15, 0.2) is 0 Å². The molecule has 1 aromatic heterocycles. The van der Waals surface area contributed by atoms with Crippen LogP contribution in [0.25, 0.3) is 10.9 Å². The molecule has 0 radical (unpaired) electrons. The number of aryl methyl sites for hydroxylation is 1. The predicted molar refractivity (Wildman–Crippen MR) is 139 cm³/mol. The van der Waals surface area contributed by atoms with Gasteiger partial charge in [0.05, 0.1) is 25.4 Å². The Kier molecular flexibility index (Phi) is 7.31. The Labute approximate surface area is 206 Å². The summed E-state index contributed by atoms with van der Waals surface area (Å²) in [5.74, 6) is -0.0368. The number of hydrogen-bond acceptors (Lipinski definition) is 6. The summed E-state index contributed by atoms with van der Waals surface area (Å²) in [6.45, 7) is 11.4. The van der Waals surface area contributed by atoms with E-state index in [9.17, 15) is 9.59 Å². The van der Waals surface area contributed by atoms with Crippen molar-refractivity contribution >= 4 is 34.2 Å². The third-order valence-corrected chi connectivity index (χ3v) is 6.89. The molecule has 1 unspecified atom stereocenters. The molecule has 0 spiro atoms. The number of nitrogens with one attached hydrogen (secondary N) is 2. The van der Waals surface area contributed by atoms with Crippen LogP contribution in [0.5, 0.6) is 5.75 Å². The average molecular weight is 479 g/mol. The van der Waals surface area contributed by atoms with Crippen molar-refractivity contribution in [2.24, 2.45) is 0 Å². The number of carbonyl (C=O) groups is 2. The lowest BCUT2D eigenvalue weighted by Gasteiger charge is -2.39. The van der Waals surface area contributed by atoms with E-state index in [4.69, 9.17) is 9.47 Å². The molecule has 1 aliphatic heterocycles. The van der Waals surface area contributed by atoms with Crippen molar-refractivity contribution in [3.63, 3.8) is 0 Å². The number of rotatable bonds is 7. The number of fused-ring (bicyclic) bond motifs is 1. The van der Waals surface area contributed by atoms with E-state index < -0.39 is 5.97 Å². The maximum absolute atomic E-state index is 13.3. The summed E-state index contributed by atoms with van der Waals surface area (Å²) in [6.07, 6.45) is 0. The summed E-state index contributed by atoms with van der Waals surface area (Å²) in [4.78, 5) is 33.6. The SMILES string of the molecule is CCOC(=O)c1[nH]c2ccc(OC)cc2c1NC(=O)C(C)N1CCN(c2cccc(C)c2C)CC1. The van der Waals surface area contributed by atoms with Gasteiger partial charge in [-0.25, -0.2) is 4.79 Å². The van der Waals surface area contributed by atoms with E-state index >= 15 is 0 Å². The summed E-state index contributed by atoms with van der Waals surface area (Å²) in [5.41, 5.74) is 5.21. The van der Waals surface area contributed by atoms with Crippen LogP contribution in [-0.4, -0.2) is 67.7 Å². The van der Waals surface area contributed by atoms with E-state index in [0.717, 1.165) is 31.7 Å². The molecule has 0 aliphatic carbocycles. The average Bonchev–Trinajstić information content (AvgIpc) is 3.23. The minimum Gasteiger partial charge on any atom is -0.497 e. The molecular formula is C27H34N4O4. The molecule has 8 heteroatoms. The molecule has 1 atom stereocenters. The maximum Gasteiger partial charge on any atom is 0.356 e. The summed E-state index contributed by atoms with van der Waals surface area (Å²) < 4.78 is 10.6. The zero-order valence-corrected chi connectivity index (χ0v) is 21.1. The van der Waals surface area contributed by atoms with Crippen LogP contribution in [0.4, 0.5) is 11.4 Å². The third kappa shape index (κ3) is 4.98. The molecule has 1 saturated heterocycles. The molecular weight excluding hydrogens is 444 g/mol. The van der Waals surface area contributed by atoms with E-state index in [1.54, 1.807) is 26.2 Å². The van der Waals surface area contributed by atoms with Crippen molar-refractivity contribution in [1.29, 1.82) is 0 Å². The Hall–Kier alpha value is -3.52. The van der Waals surface area contributed by atoms with Gasteiger partial charge in [0.25, 0.3) is 0 Å². The van der Waals surface area contributed by atoms with E-state index in [1.165, 1.54) is 16.8 Å². The van der Waals surface area contributed by atoms with Gasteiger partial charge in [-0.05, 0) is 63.1 Å². The Morgan fingerprint density at radius 3 is 2.54 bits per heavy atom. The van der Waals surface area contributed by atoms with Crippen LogP contribution in [0, 0.1) is 13.8 Å². The number of hydrogen-bond donors (Lipinski definition) is 2. The highest BCUT2D eigenvalue weighted by Gasteiger charge is 2.28. The number of esters is 1. The number of piperazine rings is 1. The molecule has 1 aliphatic rings. The summed E-state index contributed by atoms with van der Waals surface area (Å²) in [6, 6.07) is 11.5. The monoisotopic (exact) mass is 478 g/mol. The Morgan fingerprint density at radius 2 is 1.86 bits per heavy atom. The van der Waals surface area contributed by atoms with Gasteiger partial charge < -0.3 is 24.7 Å². The first-order valence-corrected chi connectivity index (χ1v) is 12.1. The molecule has 2 aromatic carbocycles. The highest BCUT2D eigenvalue weighted by molar-refractivity contribution is 6.12. The van der Waals surface area contributed by atoms with Crippen molar-refractivity contribution in [2.75, 3.05) is 50.1 Å². The van der Waals surface area contributed by atoms with Gasteiger partial charge in [-0.2, -0.15) is 0 Å². The standard InChI is InChI=1S/C27H34N4O4/c1-6-35-27(33)25-24(21-16-20(34-5)10-11-22(21)28-25)29-26(32)19(4)30-12-14-31(15-13-30)23-9-7-8-17(2)18(23)3/h7-11,16,19,28H,6,12-15H2,1-5H3,(H,29,32). The number of carbonyl (C=O) groups excluding carboxylic acids is 2. The Bertz CT molecular complexity index is 1230. The fourth-order valence-corrected chi connectivity index (χ4v) is 4.61. The van der Waals surface area contributed by atoms with Gasteiger partial charge in [0.1, 0.15) is 11.4 Å². The quantitative estimate of drug-likeness (QED) is 0.497. The minimum absolute atomic E-state index is 0.167. The number of anilines is 2. The third-order valence-electron chi connectivity index (χ3n) is 6.89. The molecule has 1 fully saturated rings. The van der Waals surface area contributed by atoms with E-state index in [1.807, 2.05) is 13.0 Å². The summed E-state index contributed by atoms with van der Waals surface area (Å²) >= 11 is 0. The van der Waals surface area contributed by atoms with Crippen molar-refractivity contribution < 1.29 is 19.1 Å². The second-order valence-electron chi connectivity index (χ2n) is 8.91. The molecule has 2 N–H and O–H groups in total. The largest absolute Gasteiger partial charge is 0.497 e. The molecule has 8 nitrogen and oxygen atoms in total. The van der Waals surface area contributed by atoms with Crippen molar-refractivity contribution in [3.05, 3.63) is 53.2 Å². The summed E-state index contributed by atoms with van der Waals surface area (Å²) in [7, 11) is 1.58. The van der Waals surface area contributed by atoms with Crippen molar-refractivity contribution in [1.82, 2.24) is 9.88 Å². The molecule has 1 amide bonds. The van der Waals surface area contributed by atoms with Gasteiger partial charge in [0, 0.05) is 42.8 Å². The van der Waals surface area contributed by atoms with Crippen LogP contribution in [0.15, 0.2) is 36.4 Å². The Morgan fingerprint density at radius 1 is 1.11 bits per heavy atom. The van der Waals surface area contributed by atoms with E-state index in [0.29, 0.717) is 16.8 Å². The molecule has 0 saturated carbocycles. The first kappa shape index (κ1) is 24.6. The molecule has 186 valence electrons. The molecule has 3 aromatic rings. The number of H-pyrrole nitrogens is 1. The topological polar surface area (TPSA) is 86.9 Å². The van der Waals surface area contributed by atoms with E-state index in [-0.39, 0.29) is 24.2 Å². The van der Waals surface area contributed by atoms with Crippen LogP contribution < -0.4 is 15.0 Å². The highest BCUT2D eigenvalue weighted by atomic mass is 16.5. The number of amides is 1. The second-order valence-corrected chi connectivity index (χ2v) is 8.91. The van der Waals surface area contributed by atoms with Gasteiger partial charge in [-0.15, -0.1) is 0 Å². The van der Waals surface area contributed by atoms with Crippen LogP contribution in [0.2, 0.25) is 0 Å². The first-order chi connectivity index (χ1) is 16.8. The molecule has 4 rings (SSSR count). The lowest BCUT2D eigenvalue weighted by atomic mass is 10.1. The van der Waals surface area contributed by atoms with Gasteiger partial charge >= 0.3 is 5.97 Å². The van der Waals surface area contributed by atoms with Crippen LogP contribution in [0.1, 0.15) is 35.5 Å². The number of aromatic amines is 1. The number of benzene rings is 2. The van der Waals surface area contributed by atoms with Gasteiger partial charge in [-0.1, -0.05) is 12.1 Å². The number of aromatic nitrogens is 1. The normalized spacial score (nSPS) is 15.2. The van der Waals surface area contributed by atoms with Crippen LogP contribution >= 0.6 is 0 Å². The zero-order chi connectivity index (χ0) is 25.1. The second kappa shape index (κ2) is 10.4. The molecule has 0 bridgehead atoms. The number of ether oxygens (including phenoxy) is 2. The van der Waals surface area contributed by atoms with E-state index in [2.05, 4.69) is 52.1 Å². The fraction of sp³-hybridized carbons (Fsp3) is 0.407. The fourth-order valence-electron chi connectivity index (χ4n) is 4.61.